The third-order valence-corrected chi connectivity index (χ3v) is 6.32. The van der Waals surface area contributed by atoms with E-state index in [4.69, 9.17) is 11.1 Å². The maximum absolute atomic E-state index is 7.81. The van der Waals surface area contributed by atoms with Crippen molar-refractivity contribution in [3.05, 3.63) is 71.0 Å². The molecule has 0 amide bonds. The van der Waals surface area contributed by atoms with Gasteiger partial charge in [-0.2, -0.15) is 11.8 Å². The van der Waals surface area contributed by atoms with Gasteiger partial charge in [-0.1, -0.05) is 52.7 Å². The van der Waals surface area contributed by atoms with Gasteiger partial charge in [0.05, 0.1) is 6.04 Å². The molecule has 1 aromatic rings. The first-order valence-corrected chi connectivity index (χ1v) is 13.1. The zero-order chi connectivity index (χ0) is 24.5. The van der Waals surface area contributed by atoms with Crippen molar-refractivity contribution in [1.82, 2.24) is 4.98 Å². The molecule has 0 saturated carbocycles. The molecule has 1 unspecified atom stereocenters. The van der Waals surface area contributed by atoms with E-state index in [1.165, 1.54) is 28.7 Å². The van der Waals surface area contributed by atoms with Crippen molar-refractivity contribution in [1.29, 1.82) is 5.41 Å². The fraction of sp³-hybridized carbons (Fsp3) is 0.500. The van der Waals surface area contributed by atoms with Crippen LogP contribution in [0.4, 0.5) is 5.82 Å². The van der Waals surface area contributed by atoms with Crippen LogP contribution in [0.1, 0.15) is 73.1 Å². The average molecular weight is 469 g/mol. The summed E-state index contributed by atoms with van der Waals surface area (Å²) >= 11 is 1.78. The van der Waals surface area contributed by atoms with Crippen LogP contribution in [0.15, 0.2) is 71.0 Å². The van der Waals surface area contributed by atoms with E-state index in [1.54, 1.807) is 18.0 Å². The zero-order valence-corrected chi connectivity index (χ0v) is 22.1. The summed E-state index contributed by atoms with van der Waals surface area (Å²) in [4.78, 5) is 4.25. The summed E-state index contributed by atoms with van der Waals surface area (Å²) in [6.45, 7) is 11.0. The normalized spacial score (nSPS) is 13.5. The number of nitrogens with one attached hydrogen (secondary N) is 2. The van der Waals surface area contributed by atoms with Crippen LogP contribution in [0, 0.1) is 5.41 Å². The summed E-state index contributed by atoms with van der Waals surface area (Å²) in [6, 6.07) is 5.49. The molecule has 0 aliphatic rings. The Balaban J connectivity index is 2.27. The summed E-state index contributed by atoms with van der Waals surface area (Å²) in [6.07, 6.45) is 17.9. The van der Waals surface area contributed by atoms with E-state index in [-0.39, 0.29) is 11.9 Å². The van der Waals surface area contributed by atoms with Crippen molar-refractivity contribution in [2.45, 2.75) is 79.2 Å². The number of anilines is 1. The summed E-state index contributed by atoms with van der Waals surface area (Å²) in [5.41, 5.74) is 11.6. The van der Waals surface area contributed by atoms with Gasteiger partial charge >= 0.3 is 0 Å². The maximum Gasteiger partial charge on any atom is 0.126 e. The van der Waals surface area contributed by atoms with Gasteiger partial charge in [-0.15, -0.1) is 0 Å². The minimum Gasteiger partial charge on any atom is -0.386 e. The van der Waals surface area contributed by atoms with E-state index in [1.807, 2.05) is 18.2 Å². The number of pyridine rings is 1. The van der Waals surface area contributed by atoms with Crippen LogP contribution < -0.4 is 11.1 Å². The largest absolute Gasteiger partial charge is 0.386 e. The quantitative estimate of drug-likeness (QED) is 0.101. The molecule has 0 spiro atoms. The van der Waals surface area contributed by atoms with Gasteiger partial charge in [0, 0.05) is 17.7 Å². The summed E-state index contributed by atoms with van der Waals surface area (Å²) in [5, 5.41) is 11.0. The number of thioether (sulfide) groups is 1. The highest BCUT2D eigenvalue weighted by molar-refractivity contribution is 7.99. The van der Waals surface area contributed by atoms with Crippen molar-refractivity contribution in [3.63, 3.8) is 0 Å². The molecular weight excluding hydrogens is 424 g/mol. The van der Waals surface area contributed by atoms with Gasteiger partial charge in [0.15, 0.2) is 0 Å². The van der Waals surface area contributed by atoms with Gasteiger partial charge in [-0.3, -0.25) is 5.41 Å². The highest BCUT2D eigenvalue weighted by atomic mass is 32.2. The molecule has 0 aliphatic heterocycles. The molecule has 33 heavy (non-hydrogen) atoms. The minimum atomic E-state index is -0.200. The average Bonchev–Trinajstić information content (AvgIpc) is 2.76. The highest BCUT2D eigenvalue weighted by Crippen LogP contribution is 2.15. The molecule has 0 fully saturated rings. The fourth-order valence-electron chi connectivity index (χ4n) is 3.21. The third-order valence-electron chi connectivity index (χ3n) is 5.35. The second-order valence-corrected chi connectivity index (χ2v) is 10.0. The Morgan fingerprint density at radius 2 is 1.52 bits per heavy atom. The van der Waals surface area contributed by atoms with Gasteiger partial charge in [0.2, 0.25) is 0 Å². The monoisotopic (exact) mass is 468 g/mol. The van der Waals surface area contributed by atoms with Crippen molar-refractivity contribution in [2.24, 2.45) is 5.73 Å². The first-order valence-electron chi connectivity index (χ1n) is 12.0. The van der Waals surface area contributed by atoms with E-state index in [9.17, 15) is 0 Å². The number of aromatic nitrogens is 1. The fourth-order valence-corrected chi connectivity index (χ4v) is 4.25. The molecule has 4 nitrogen and oxygen atoms in total. The Bertz CT molecular complexity index is 818. The first-order chi connectivity index (χ1) is 15.8. The van der Waals surface area contributed by atoms with Gasteiger partial charge in [0.25, 0.3) is 0 Å². The summed E-state index contributed by atoms with van der Waals surface area (Å²) in [5.74, 6) is 2.57. The van der Waals surface area contributed by atoms with Gasteiger partial charge in [-0.05, 0) is 85.3 Å². The van der Waals surface area contributed by atoms with E-state index in [2.05, 4.69) is 69.2 Å². The van der Waals surface area contributed by atoms with Crippen LogP contribution in [0.25, 0.3) is 0 Å². The van der Waals surface area contributed by atoms with Crippen molar-refractivity contribution in [2.75, 3.05) is 16.8 Å². The van der Waals surface area contributed by atoms with Gasteiger partial charge in [-0.25, -0.2) is 4.98 Å². The number of rotatable bonds is 16. The van der Waals surface area contributed by atoms with Crippen LogP contribution in [0.2, 0.25) is 0 Å². The van der Waals surface area contributed by atoms with Crippen molar-refractivity contribution in [3.8, 4) is 0 Å². The zero-order valence-electron chi connectivity index (χ0n) is 21.3. The summed E-state index contributed by atoms with van der Waals surface area (Å²) in [7, 11) is 0. The molecule has 0 bridgehead atoms. The molecule has 0 aliphatic carbocycles. The number of hydrogen-bond donors (Lipinski definition) is 3. The van der Waals surface area contributed by atoms with Gasteiger partial charge < -0.3 is 11.1 Å². The molecule has 4 N–H and O–H groups in total. The molecule has 0 aromatic carbocycles. The second-order valence-electron chi connectivity index (χ2n) is 8.95. The summed E-state index contributed by atoms with van der Waals surface area (Å²) < 4.78 is 0. The molecule has 5 heteroatoms. The lowest BCUT2D eigenvalue weighted by atomic mass is 10.0. The predicted octanol–water partition coefficient (Wildman–Crippen LogP) is 7.68. The smallest absolute Gasteiger partial charge is 0.126 e. The van der Waals surface area contributed by atoms with Crippen LogP contribution in [-0.4, -0.2) is 28.4 Å². The Hall–Kier alpha value is -2.27. The lowest BCUT2D eigenvalue weighted by Crippen LogP contribution is -2.37. The maximum atomic E-state index is 7.81. The van der Waals surface area contributed by atoms with E-state index in [0.717, 1.165) is 49.4 Å². The van der Waals surface area contributed by atoms with Crippen molar-refractivity contribution < 1.29 is 0 Å². The molecule has 0 radical (unpaired) electrons. The Morgan fingerprint density at radius 1 is 0.939 bits per heavy atom. The third kappa shape index (κ3) is 15.2. The first kappa shape index (κ1) is 28.8. The molecule has 1 rings (SSSR count). The second kappa shape index (κ2) is 17.2. The molecule has 1 atom stereocenters. The Morgan fingerprint density at radius 3 is 2.03 bits per heavy atom. The Kier molecular flexibility index (Phi) is 15.0. The number of hydrogen-bond acceptors (Lipinski definition) is 4. The number of amidine groups is 1. The molecule has 1 heterocycles. The molecular formula is C28H44N4S. The van der Waals surface area contributed by atoms with Gasteiger partial charge in [0.1, 0.15) is 11.7 Å². The Labute approximate surface area is 206 Å². The standard InChI is InChI=1S/C28H44N4S/c1-22(2)11-8-12-23(3)13-9-14-24(4)15-10-16-25(5)18-20-33-21-26(28(29)30)32-27-17-6-7-19-31-27/h6-7,11,13,15,17-19,26H,8-10,12,14,16,20-21H2,1-5H3,(H3,29,30)(H,31,32). The van der Waals surface area contributed by atoms with E-state index in [0.29, 0.717) is 0 Å². The predicted molar refractivity (Wildman–Crippen MR) is 149 cm³/mol. The van der Waals surface area contributed by atoms with E-state index < -0.39 is 0 Å². The van der Waals surface area contributed by atoms with Crippen LogP contribution in [0.3, 0.4) is 0 Å². The molecule has 182 valence electrons. The topological polar surface area (TPSA) is 74.8 Å². The highest BCUT2D eigenvalue weighted by Gasteiger charge is 2.12. The van der Waals surface area contributed by atoms with E-state index >= 15 is 0 Å². The lowest BCUT2D eigenvalue weighted by Gasteiger charge is -2.17. The lowest BCUT2D eigenvalue weighted by molar-refractivity contribution is 0.899. The number of nitrogens with two attached hydrogens (primary N) is 1. The van der Waals surface area contributed by atoms with Crippen LogP contribution >= 0.6 is 11.8 Å². The van der Waals surface area contributed by atoms with Crippen molar-refractivity contribution >= 4 is 23.4 Å². The molecule has 1 aromatic heterocycles. The number of allylic oxidation sites excluding steroid dienone is 7. The van der Waals surface area contributed by atoms with Crippen LogP contribution in [-0.2, 0) is 0 Å². The SMILES string of the molecule is CC(C)=CCCC(C)=CCCC(C)=CCCC(C)=CCSCC(Nc1ccccn1)C(=N)N. The number of nitrogens with zero attached hydrogens (tertiary/aromatic N) is 1. The van der Waals surface area contributed by atoms with Crippen LogP contribution in [0.5, 0.6) is 0 Å². The molecule has 0 saturated heterocycles. The minimum absolute atomic E-state index is 0.146.